The average molecular weight is 460 g/mol. The van der Waals surface area contributed by atoms with Crippen LogP contribution in [0.3, 0.4) is 0 Å². The largest absolute Gasteiger partial charge is 0.401 e. The first kappa shape index (κ1) is 23.3. The molecule has 1 spiro atoms. The van der Waals surface area contributed by atoms with Crippen LogP contribution in [0, 0.1) is 11.3 Å². The summed E-state index contributed by atoms with van der Waals surface area (Å²) in [5, 5.41) is 6.61. The number of hydrogen-bond acceptors (Lipinski definition) is 4. The van der Waals surface area contributed by atoms with E-state index in [2.05, 4.69) is 22.8 Å². The molecule has 3 aliphatic carbocycles. The van der Waals surface area contributed by atoms with E-state index in [1.165, 1.54) is 11.1 Å². The van der Waals surface area contributed by atoms with Gasteiger partial charge in [-0.15, -0.1) is 0 Å². The Morgan fingerprint density at radius 1 is 1.26 bits per heavy atom. The number of nitrogens with two attached hydrogens (primary N) is 1. The number of allylic oxidation sites excluding steroid dienone is 1. The van der Waals surface area contributed by atoms with Crippen LogP contribution in [0.2, 0.25) is 0 Å². The highest BCUT2D eigenvalue weighted by molar-refractivity contribution is 6.32. The lowest BCUT2D eigenvalue weighted by Crippen LogP contribution is -2.56. The van der Waals surface area contributed by atoms with Crippen molar-refractivity contribution in [2.75, 3.05) is 6.54 Å². The molecule has 1 aromatic rings. The summed E-state index contributed by atoms with van der Waals surface area (Å²) in [6.07, 6.45) is 8.63. The van der Waals surface area contributed by atoms with Crippen LogP contribution in [0.15, 0.2) is 30.1 Å². The molecule has 0 bridgehead atoms. The molecule has 1 aromatic carbocycles. The summed E-state index contributed by atoms with van der Waals surface area (Å²) in [5.41, 5.74) is 10.2. The lowest BCUT2D eigenvalue weighted by molar-refractivity contribution is -0.141. The molecular formula is C27H37BN4O2. The first-order valence-electron chi connectivity index (χ1n) is 12.8. The van der Waals surface area contributed by atoms with Crippen LogP contribution in [-0.2, 0) is 21.4 Å². The van der Waals surface area contributed by atoms with Gasteiger partial charge in [0.1, 0.15) is 19.9 Å². The number of amides is 2. The topological polar surface area (TPSA) is 87.5 Å². The molecule has 4 atom stereocenters. The van der Waals surface area contributed by atoms with Crippen molar-refractivity contribution in [3.63, 3.8) is 0 Å². The van der Waals surface area contributed by atoms with Gasteiger partial charge in [-0.1, -0.05) is 44.4 Å². The van der Waals surface area contributed by atoms with E-state index in [1.54, 1.807) is 4.90 Å². The molecule has 34 heavy (non-hydrogen) atoms. The number of fused-ring (bicyclic) bond motifs is 2. The summed E-state index contributed by atoms with van der Waals surface area (Å²) < 4.78 is 0. The highest BCUT2D eigenvalue weighted by atomic mass is 16.2. The monoisotopic (exact) mass is 460 g/mol. The Hall–Kier alpha value is -2.44. The maximum Gasteiger partial charge on any atom is 0.246 e. The number of likely N-dealkylation sites (tertiary alicyclic amines) is 1. The quantitative estimate of drug-likeness (QED) is 0.565. The minimum atomic E-state index is -0.433. The first-order chi connectivity index (χ1) is 16.1. The van der Waals surface area contributed by atoms with Crippen molar-refractivity contribution in [3.8, 4) is 0 Å². The van der Waals surface area contributed by atoms with Gasteiger partial charge in [0.05, 0.1) is 0 Å². The third-order valence-corrected chi connectivity index (χ3v) is 8.31. The lowest BCUT2D eigenvalue weighted by Gasteiger charge is -2.35. The zero-order valence-corrected chi connectivity index (χ0v) is 20.7. The van der Waals surface area contributed by atoms with Crippen LogP contribution >= 0.6 is 0 Å². The third kappa shape index (κ3) is 4.22. The predicted octanol–water partition coefficient (Wildman–Crippen LogP) is 1.76. The Bertz CT molecular complexity index is 1030. The molecule has 1 heterocycles. The molecule has 4 N–H and O–H groups in total. The number of carbonyl (C=O) groups is 2. The number of aryl methyl sites for hydroxylation is 1. The standard InChI is InChI=1S/C27H37BN4O2/c1-26(2,3)23(30-15-20(29)16-6-7-16)25(34)32-12-4-5-21(32)24(33)31-22-14-27(22)11-10-17-13-18(28)8-9-19(17)27/h8-9,13,15-16,21-23,30H,4-7,10-12,14,29H2,1-3H3,(H,31,33)/b20-15-. The van der Waals surface area contributed by atoms with Crippen molar-refractivity contribution in [2.45, 2.75) is 89.3 Å². The van der Waals surface area contributed by atoms with Gasteiger partial charge in [-0.3, -0.25) is 9.59 Å². The van der Waals surface area contributed by atoms with Gasteiger partial charge in [0.2, 0.25) is 11.8 Å². The maximum absolute atomic E-state index is 13.7. The zero-order valence-electron chi connectivity index (χ0n) is 20.7. The lowest BCUT2D eigenvalue weighted by atomic mass is 9.85. The van der Waals surface area contributed by atoms with E-state index >= 15 is 0 Å². The van der Waals surface area contributed by atoms with Crippen LogP contribution in [0.25, 0.3) is 0 Å². The van der Waals surface area contributed by atoms with Gasteiger partial charge in [0.25, 0.3) is 0 Å². The SMILES string of the molecule is [B]c1ccc2c(c1)CCC21CC1NC(=O)C1CCCN1C(=O)C(N/C=C(\N)C1CC1)C(C)(C)C. The number of carbonyl (C=O) groups excluding carboxylic acids is 2. The highest BCUT2D eigenvalue weighted by Gasteiger charge is 2.59. The van der Waals surface area contributed by atoms with Crippen molar-refractivity contribution < 1.29 is 9.59 Å². The van der Waals surface area contributed by atoms with E-state index in [1.807, 2.05) is 33.0 Å². The van der Waals surface area contributed by atoms with Crippen LogP contribution in [0.1, 0.15) is 70.4 Å². The van der Waals surface area contributed by atoms with Crippen molar-refractivity contribution >= 4 is 25.1 Å². The van der Waals surface area contributed by atoms with Gasteiger partial charge >= 0.3 is 0 Å². The number of nitrogens with zero attached hydrogens (tertiary/aromatic N) is 1. The third-order valence-electron chi connectivity index (χ3n) is 8.31. The predicted molar refractivity (Wildman–Crippen MR) is 134 cm³/mol. The molecule has 2 amide bonds. The molecule has 2 radical (unpaired) electrons. The van der Waals surface area contributed by atoms with Gasteiger partial charge in [0, 0.05) is 29.9 Å². The number of rotatable bonds is 6. The molecule has 7 heteroatoms. The number of nitrogens with one attached hydrogen (secondary N) is 2. The van der Waals surface area contributed by atoms with Gasteiger partial charge in [-0.05, 0) is 67.4 Å². The van der Waals surface area contributed by atoms with Crippen LogP contribution in [0.4, 0.5) is 0 Å². The van der Waals surface area contributed by atoms with Crippen LogP contribution in [0.5, 0.6) is 0 Å². The first-order valence-corrected chi connectivity index (χ1v) is 12.8. The van der Waals surface area contributed by atoms with Crippen molar-refractivity contribution in [1.82, 2.24) is 15.5 Å². The van der Waals surface area contributed by atoms with E-state index in [-0.39, 0.29) is 28.7 Å². The maximum atomic E-state index is 13.7. The highest BCUT2D eigenvalue weighted by Crippen LogP contribution is 2.56. The van der Waals surface area contributed by atoms with E-state index in [0.29, 0.717) is 18.9 Å². The second kappa shape index (κ2) is 8.35. The molecule has 3 fully saturated rings. The Morgan fingerprint density at radius 3 is 2.74 bits per heavy atom. The minimum absolute atomic E-state index is 0.0164. The fourth-order valence-corrected chi connectivity index (χ4v) is 6.01. The van der Waals surface area contributed by atoms with E-state index in [4.69, 9.17) is 13.6 Å². The van der Waals surface area contributed by atoms with Crippen LogP contribution in [-0.4, -0.2) is 49.2 Å². The summed E-state index contributed by atoms with van der Waals surface area (Å²) in [6, 6.07) is 5.47. The summed E-state index contributed by atoms with van der Waals surface area (Å²) in [6.45, 7) is 6.76. The molecule has 0 aromatic heterocycles. The molecule has 2 saturated carbocycles. The molecular weight excluding hydrogens is 423 g/mol. The molecule has 6 nitrogen and oxygen atoms in total. The number of benzene rings is 1. The summed E-state index contributed by atoms with van der Waals surface area (Å²) in [7, 11) is 5.97. The van der Waals surface area contributed by atoms with Crippen LogP contribution < -0.4 is 21.8 Å². The van der Waals surface area contributed by atoms with E-state index < -0.39 is 12.1 Å². The Balaban J connectivity index is 1.26. The molecule has 1 aliphatic heterocycles. The smallest absolute Gasteiger partial charge is 0.246 e. The summed E-state index contributed by atoms with van der Waals surface area (Å²) in [4.78, 5) is 28.8. The van der Waals surface area contributed by atoms with Crippen molar-refractivity contribution in [3.05, 3.63) is 41.2 Å². The Labute approximate surface area is 204 Å². The van der Waals surface area contributed by atoms with E-state index in [9.17, 15) is 9.59 Å². The average Bonchev–Trinajstić information content (AvgIpc) is 3.64. The summed E-state index contributed by atoms with van der Waals surface area (Å²) >= 11 is 0. The fraction of sp³-hybridized carbons (Fsp3) is 0.630. The fourth-order valence-electron chi connectivity index (χ4n) is 6.01. The van der Waals surface area contributed by atoms with E-state index in [0.717, 1.165) is 49.7 Å². The molecule has 4 unspecified atom stereocenters. The molecule has 180 valence electrons. The minimum Gasteiger partial charge on any atom is -0.401 e. The molecule has 5 rings (SSSR count). The van der Waals surface area contributed by atoms with Crippen molar-refractivity contribution in [1.29, 1.82) is 0 Å². The van der Waals surface area contributed by atoms with Gasteiger partial charge in [-0.25, -0.2) is 0 Å². The summed E-state index contributed by atoms with van der Waals surface area (Å²) in [5.74, 6) is 0.408. The second-order valence-electron chi connectivity index (χ2n) is 11.9. The number of hydrogen-bond donors (Lipinski definition) is 3. The molecule has 1 saturated heterocycles. The normalized spacial score (nSPS) is 29.1. The second-order valence-corrected chi connectivity index (χ2v) is 11.9. The Kier molecular flexibility index (Phi) is 5.73. The Morgan fingerprint density at radius 2 is 2.03 bits per heavy atom. The molecule has 4 aliphatic rings. The van der Waals surface area contributed by atoms with Gasteiger partial charge in [0.15, 0.2) is 0 Å². The van der Waals surface area contributed by atoms with Gasteiger partial charge in [-0.2, -0.15) is 0 Å². The van der Waals surface area contributed by atoms with Gasteiger partial charge < -0.3 is 21.3 Å². The van der Waals surface area contributed by atoms with Crippen molar-refractivity contribution in [2.24, 2.45) is 17.1 Å². The zero-order chi connectivity index (χ0) is 24.3.